The van der Waals surface area contributed by atoms with Gasteiger partial charge in [-0.15, -0.1) is 0 Å². The Labute approximate surface area is 155 Å². The van der Waals surface area contributed by atoms with Crippen LogP contribution in [0.15, 0.2) is 24.7 Å². The fourth-order valence-corrected chi connectivity index (χ4v) is 4.40. The molecule has 1 unspecified atom stereocenters. The van der Waals surface area contributed by atoms with Gasteiger partial charge in [-0.25, -0.2) is 19.9 Å². The summed E-state index contributed by atoms with van der Waals surface area (Å²) in [4.78, 5) is 22.7. The van der Waals surface area contributed by atoms with E-state index < -0.39 is 0 Å². The number of rotatable bonds is 4. The summed E-state index contributed by atoms with van der Waals surface area (Å²) in [5.41, 5.74) is 1.27. The number of hydrogen-bond donors (Lipinski definition) is 0. The van der Waals surface area contributed by atoms with Gasteiger partial charge >= 0.3 is 0 Å². The molecule has 0 N–H and O–H groups in total. The highest BCUT2D eigenvalue weighted by Gasteiger charge is 2.33. The SMILES string of the molecule is CCc1cnc(C)nc1N1CCC(C2CCN(c3ncccn3)CC2)C1. The van der Waals surface area contributed by atoms with Crippen LogP contribution in [-0.2, 0) is 6.42 Å². The van der Waals surface area contributed by atoms with Gasteiger partial charge in [0, 0.05) is 50.3 Å². The Hall–Kier alpha value is -2.24. The molecule has 138 valence electrons. The molecule has 2 aromatic rings. The van der Waals surface area contributed by atoms with E-state index in [4.69, 9.17) is 4.98 Å². The summed E-state index contributed by atoms with van der Waals surface area (Å²) in [6.45, 7) is 8.56. The maximum atomic E-state index is 4.75. The second-order valence-corrected chi connectivity index (χ2v) is 7.49. The molecule has 2 aromatic heterocycles. The second-order valence-electron chi connectivity index (χ2n) is 7.49. The van der Waals surface area contributed by atoms with Crippen molar-refractivity contribution in [2.45, 2.75) is 39.5 Å². The predicted octanol–water partition coefficient (Wildman–Crippen LogP) is 2.88. The first-order valence-electron chi connectivity index (χ1n) is 9.84. The van der Waals surface area contributed by atoms with E-state index in [1.165, 1.54) is 24.8 Å². The Morgan fingerprint density at radius 1 is 0.962 bits per heavy atom. The monoisotopic (exact) mass is 352 g/mol. The fourth-order valence-electron chi connectivity index (χ4n) is 4.40. The first-order valence-corrected chi connectivity index (χ1v) is 9.84. The summed E-state index contributed by atoms with van der Waals surface area (Å²) in [6.07, 6.45) is 10.4. The smallest absolute Gasteiger partial charge is 0.225 e. The number of aromatic nitrogens is 4. The molecule has 26 heavy (non-hydrogen) atoms. The molecule has 6 heteroatoms. The van der Waals surface area contributed by atoms with Crippen LogP contribution in [0.3, 0.4) is 0 Å². The second kappa shape index (κ2) is 7.56. The van der Waals surface area contributed by atoms with Gasteiger partial charge < -0.3 is 9.80 Å². The lowest BCUT2D eigenvalue weighted by Gasteiger charge is -2.34. The van der Waals surface area contributed by atoms with Crippen LogP contribution in [0.5, 0.6) is 0 Å². The number of nitrogens with zero attached hydrogens (tertiary/aromatic N) is 6. The summed E-state index contributed by atoms with van der Waals surface area (Å²) in [5.74, 6) is 4.49. The first kappa shape index (κ1) is 17.2. The van der Waals surface area contributed by atoms with Gasteiger partial charge in [-0.1, -0.05) is 6.92 Å². The summed E-state index contributed by atoms with van der Waals surface area (Å²) >= 11 is 0. The van der Waals surface area contributed by atoms with E-state index in [2.05, 4.69) is 31.7 Å². The summed E-state index contributed by atoms with van der Waals surface area (Å²) in [5, 5.41) is 0. The molecule has 0 bridgehead atoms. The molecule has 2 saturated heterocycles. The van der Waals surface area contributed by atoms with Gasteiger partial charge in [0.25, 0.3) is 0 Å². The fraction of sp³-hybridized carbons (Fsp3) is 0.600. The molecule has 0 amide bonds. The van der Waals surface area contributed by atoms with Crippen LogP contribution < -0.4 is 9.80 Å². The van der Waals surface area contributed by atoms with E-state index in [9.17, 15) is 0 Å². The molecule has 0 spiro atoms. The van der Waals surface area contributed by atoms with Crippen molar-refractivity contribution in [1.29, 1.82) is 0 Å². The molecule has 0 aromatic carbocycles. The van der Waals surface area contributed by atoms with Crippen molar-refractivity contribution in [2.75, 3.05) is 36.0 Å². The lowest BCUT2D eigenvalue weighted by atomic mass is 9.84. The highest BCUT2D eigenvalue weighted by molar-refractivity contribution is 5.47. The Bertz CT molecular complexity index is 726. The molecular formula is C20H28N6. The van der Waals surface area contributed by atoms with Crippen LogP contribution in [0.4, 0.5) is 11.8 Å². The van der Waals surface area contributed by atoms with Gasteiger partial charge in [-0.05, 0) is 50.5 Å². The minimum absolute atomic E-state index is 0.772. The largest absolute Gasteiger partial charge is 0.356 e. The van der Waals surface area contributed by atoms with Crippen LogP contribution in [0, 0.1) is 18.8 Å². The molecule has 2 aliphatic rings. The minimum Gasteiger partial charge on any atom is -0.356 e. The lowest BCUT2D eigenvalue weighted by molar-refractivity contribution is 0.292. The zero-order chi connectivity index (χ0) is 17.9. The number of piperidine rings is 1. The molecule has 6 nitrogen and oxygen atoms in total. The third-order valence-corrected chi connectivity index (χ3v) is 5.91. The Morgan fingerprint density at radius 2 is 1.65 bits per heavy atom. The van der Waals surface area contributed by atoms with Crippen molar-refractivity contribution in [3.05, 3.63) is 36.0 Å². The van der Waals surface area contributed by atoms with E-state index in [1.807, 2.05) is 31.6 Å². The third-order valence-electron chi connectivity index (χ3n) is 5.91. The summed E-state index contributed by atoms with van der Waals surface area (Å²) < 4.78 is 0. The van der Waals surface area contributed by atoms with Crippen molar-refractivity contribution in [3.63, 3.8) is 0 Å². The molecule has 1 atom stereocenters. The quantitative estimate of drug-likeness (QED) is 0.843. The first-order chi connectivity index (χ1) is 12.7. The summed E-state index contributed by atoms with van der Waals surface area (Å²) in [7, 11) is 0. The zero-order valence-electron chi connectivity index (χ0n) is 15.8. The maximum absolute atomic E-state index is 4.75. The van der Waals surface area contributed by atoms with Crippen LogP contribution in [0.2, 0.25) is 0 Å². The molecule has 2 fully saturated rings. The average Bonchev–Trinajstić information content (AvgIpc) is 3.19. The number of anilines is 2. The van der Waals surface area contributed by atoms with Gasteiger partial charge in [0.15, 0.2) is 0 Å². The van der Waals surface area contributed by atoms with E-state index in [0.29, 0.717) is 0 Å². The van der Waals surface area contributed by atoms with E-state index in [0.717, 1.165) is 62.0 Å². The van der Waals surface area contributed by atoms with Crippen molar-refractivity contribution in [1.82, 2.24) is 19.9 Å². The van der Waals surface area contributed by atoms with E-state index >= 15 is 0 Å². The van der Waals surface area contributed by atoms with Crippen molar-refractivity contribution in [3.8, 4) is 0 Å². The van der Waals surface area contributed by atoms with Gasteiger partial charge in [0.2, 0.25) is 5.95 Å². The van der Waals surface area contributed by atoms with Crippen LogP contribution in [-0.4, -0.2) is 46.1 Å². The van der Waals surface area contributed by atoms with E-state index in [-0.39, 0.29) is 0 Å². The zero-order valence-corrected chi connectivity index (χ0v) is 15.8. The molecule has 4 heterocycles. The standard InChI is InChI=1S/C20H28N6/c1-3-16-13-23-15(2)24-19(16)26-12-7-18(14-26)17-5-10-25(11-6-17)20-21-8-4-9-22-20/h4,8-9,13,17-18H,3,5-7,10-12,14H2,1-2H3. The van der Waals surface area contributed by atoms with E-state index in [1.54, 1.807) is 0 Å². The Kier molecular flexibility index (Phi) is 5.00. The molecule has 0 aliphatic carbocycles. The molecular weight excluding hydrogens is 324 g/mol. The lowest BCUT2D eigenvalue weighted by Crippen LogP contribution is -2.37. The van der Waals surface area contributed by atoms with Crippen molar-refractivity contribution in [2.24, 2.45) is 11.8 Å². The Balaban J connectivity index is 1.37. The van der Waals surface area contributed by atoms with Gasteiger partial charge in [-0.3, -0.25) is 0 Å². The number of hydrogen-bond acceptors (Lipinski definition) is 6. The van der Waals surface area contributed by atoms with Crippen LogP contribution in [0.1, 0.15) is 37.6 Å². The van der Waals surface area contributed by atoms with Gasteiger partial charge in [-0.2, -0.15) is 0 Å². The van der Waals surface area contributed by atoms with Crippen LogP contribution in [0.25, 0.3) is 0 Å². The molecule has 2 aliphatic heterocycles. The number of aryl methyl sites for hydroxylation is 2. The maximum Gasteiger partial charge on any atom is 0.225 e. The summed E-state index contributed by atoms with van der Waals surface area (Å²) in [6, 6.07) is 1.88. The molecule has 4 rings (SSSR count). The van der Waals surface area contributed by atoms with Crippen LogP contribution >= 0.6 is 0 Å². The Morgan fingerprint density at radius 3 is 2.38 bits per heavy atom. The van der Waals surface area contributed by atoms with Crippen molar-refractivity contribution >= 4 is 11.8 Å². The third kappa shape index (κ3) is 3.50. The average molecular weight is 352 g/mol. The highest BCUT2D eigenvalue weighted by Crippen LogP contribution is 2.34. The highest BCUT2D eigenvalue weighted by atomic mass is 15.3. The van der Waals surface area contributed by atoms with Gasteiger partial charge in [0.1, 0.15) is 11.6 Å². The molecule has 0 saturated carbocycles. The van der Waals surface area contributed by atoms with Crippen molar-refractivity contribution < 1.29 is 0 Å². The minimum atomic E-state index is 0.772. The molecule has 0 radical (unpaired) electrons. The predicted molar refractivity (Wildman–Crippen MR) is 103 cm³/mol. The van der Waals surface area contributed by atoms with Gasteiger partial charge in [0.05, 0.1) is 0 Å². The normalized spacial score (nSPS) is 21.4. The topological polar surface area (TPSA) is 58.0 Å².